The first-order valence-electron chi connectivity index (χ1n) is 11.9. The third-order valence-electron chi connectivity index (χ3n) is 6.48. The lowest BCUT2D eigenvalue weighted by Crippen LogP contribution is -2.40. The number of carboxylic acids is 1. The first kappa shape index (κ1) is 28.7. The summed E-state index contributed by atoms with van der Waals surface area (Å²) in [6.45, 7) is 1.40. The Kier molecular flexibility index (Phi) is 8.70. The first-order valence-corrected chi connectivity index (χ1v) is 12.7. The third-order valence-corrected chi connectivity index (χ3v) is 7.38. The lowest BCUT2D eigenvalue weighted by atomic mass is 9.97. The minimum absolute atomic E-state index is 0. The largest absolute Gasteiger partial charge is 0.481 e. The van der Waals surface area contributed by atoms with Crippen LogP contribution in [0.3, 0.4) is 0 Å². The van der Waals surface area contributed by atoms with E-state index in [2.05, 4.69) is 14.5 Å². The minimum Gasteiger partial charge on any atom is -0.481 e. The van der Waals surface area contributed by atoms with Gasteiger partial charge in [0.15, 0.2) is 5.69 Å². The van der Waals surface area contributed by atoms with Crippen molar-refractivity contribution in [3.63, 3.8) is 0 Å². The van der Waals surface area contributed by atoms with E-state index in [1.165, 1.54) is 0 Å². The SMILES string of the molecule is Cl.O=C(O)[C@H]1CCCN(C[C@@H](O)c2ccc(-c3noc(-c4nsc(-c5ccccc5)c4C(F)(F)F)n3)cc2)C1. The molecule has 13 heteroatoms. The maximum Gasteiger partial charge on any atom is 0.420 e. The van der Waals surface area contributed by atoms with Crippen LogP contribution in [0.1, 0.15) is 30.1 Å². The fraction of sp³-hybridized carbons (Fsp3) is 0.308. The van der Waals surface area contributed by atoms with Gasteiger partial charge in [-0.1, -0.05) is 59.8 Å². The van der Waals surface area contributed by atoms with Crippen LogP contribution in [0.15, 0.2) is 59.1 Å². The van der Waals surface area contributed by atoms with Gasteiger partial charge in [0, 0.05) is 18.7 Å². The Morgan fingerprint density at radius 2 is 1.85 bits per heavy atom. The highest BCUT2D eigenvalue weighted by Gasteiger charge is 2.41. The minimum atomic E-state index is -4.68. The Morgan fingerprint density at radius 3 is 2.51 bits per heavy atom. The molecule has 1 aliphatic rings. The van der Waals surface area contributed by atoms with Gasteiger partial charge >= 0.3 is 12.1 Å². The summed E-state index contributed by atoms with van der Waals surface area (Å²) in [5.41, 5.74) is 0.146. The molecule has 0 aliphatic carbocycles. The van der Waals surface area contributed by atoms with Gasteiger partial charge in [0.2, 0.25) is 5.82 Å². The van der Waals surface area contributed by atoms with E-state index in [4.69, 9.17) is 4.52 Å². The number of benzene rings is 2. The molecule has 4 aromatic rings. The molecular formula is C26H24ClF3N4O4S. The third kappa shape index (κ3) is 6.30. The van der Waals surface area contributed by atoms with E-state index >= 15 is 0 Å². The Morgan fingerprint density at radius 1 is 1.13 bits per heavy atom. The number of hydrogen-bond acceptors (Lipinski definition) is 8. The molecule has 1 aliphatic heterocycles. The van der Waals surface area contributed by atoms with Crippen molar-refractivity contribution in [2.45, 2.75) is 25.1 Å². The molecule has 2 atom stereocenters. The molecule has 0 spiro atoms. The van der Waals surface area contributed by atoms with E-state index in [9.17, 15) is 28.2 Å². The fourth-order valence-electron chi connectivity index (χ4n) is 4.55. The number of hydrogen-bond donors (Lipinski definition) is 2. The molecule has 0 unspecified atom stereocenters. The van der Waals surface area contributed by atoms with Crippen LogP contribution in [0.2, 0.25) is 0 Å². The predicted octanol–water partition coefficient (Wildman–Crippen LogP) is 5.80. The molecule has 5 rings (SSSR count). The van der Waals surface area contributed by atoms with E-state index in [0.29, 0.717) is 54.3 Å². The van der Waals surface area contributed by atoms with Crippen molar-refractivity contribution >= 4 is 29.9 Å². The summed E-state index contributed by atoms with van der Waals surface area (Å²) in [7, 11) is 0. The average Bonchev–Trinajstić information content (AvgIpc) is 3.57. The Hall–Kier alpha value is -3.32. The van der Waals surface area contributed by atoms with Crippen molar-refractivity contribution in [2.75, 3.05) is 19.6 Å². The van der Waals surface area contributed by atoms with Crippen LogP contribution >= 0.6 is 23.9 Å². The smallest absolute Gasteiger partial charge is 0.420 e. The maximum atomic E-state index is 14.0. The normalized spacial score (nSPS) is 17.0. The molecule has 1 fully saturated rings. The van der Waals surface area contributed by atoms with Gasteiger partial charge in [0.05, 0.1) is 16.9 Å². The van der Waals surface area contributed by atoms with Crippen LogP contribution in [0, 0.1) is 5.92 Å². The van der Waals surface area contributed by atoms with Crippen LogP contribution in [0.25, 0.3) is 33.4 Å². The first-order chi connectivity index (χ1) is 18.2. The molecule has 2 N–H and O–H groups in total. The molecule has 3 heterocycles. The number of aliphatic hydroxyl groups excluding tert-OH is 1. The van der Waals surface area contributed by atoms with Gasteiger partial charge < -0.3 is 14.7 Å². The average molecular weight is 581 g/mol. The highest BCUT2D eigenvalue weighted by Crippen LogP contribution is 2.45. The van der Waals surface area contributed by atoms with E-state index in [0.717, 1.165) is 6.42 Å². The van der Waals surface area contributed by atoms with Crippen LogP contribution in [0.5, 0.6) is 0 Å². The molecule has 0 bridgehead atoms. The predicted molar refractivity (Wildman–Crippen MR) is 140 cm³/mol. The molecular weight excluding hydrogens is 557 g/mol. The van der Waals surface area contributed by atoms with E-state index in [1.54, 1.807) is 54.6 Å². The highest BCUT2D eigenvalue weighted by atomic mass is 35.5. The molecule has 206 valence electrons. The van der Waals surface area contributed by atoms with Crippen molar-refractivity contribution in [1.29, 1.82) is 0 Å². The van der Waals surface area contributed by atoms with E-state index in [1.807, 2.05) is 4.90 Å². The van der Waals surface area contributed by atoms with E-state index < -0.39 is 35.4 Å². The number of β-amino-alcohol motifs (C(OH)–C–C–N with tert-alkyl or cyclic N) is 1. The molecule has 2 aromatic carbocycles. The lowest BCUT2D eigenvalue weighted by molar-refractivity contribution is -0.143. The zero-order valence-electron chi connectivity index (χ0n) is 20.3. The number of aliphatic hydroxyl groups is 1. The molecule has 2 aromatic heterocycles. The quantitative estimate of drug-likeness (QED) is 0.282. The molecule has 39 heavy (non-hydrogen) atoms. The molecule has 0 amide bonds. The van der Waals surface area contributed by atoms with Gasteiger partial charge in [0.25, 0.3) is 5.89 Å². The number of aliphatic carboxylic acids is 1. The summed E-state index contributed by atoms with van der Waals surface area (Å²) in [4.78, 5) is 17.4. The summed E-state index contributed by atoms with van der Waals surface area (Å²) in [5.74, 6) is -1.52. The number of aromatic nitrogens is 3. The van der Waals surface area contributed by atoms with Crippen molar-refractivity contribution in [3.8, 4) is 33.4 Å². The zero-order chi connectivity index (χ0) is 26.9. The van der Waals surface area contributed by atoms with Gasteiger partial charge in [-0.25, -0.2) is 0 Å². The lowest BCUT2D eigenvalue weighted by Gasteiger charge is -2.32. The van der Waals surface area contributed by atoms with Crippen LogP contribution in [-0.4, -0.2) is 55.2 Å². The summed E-state index contributed by atoms with van der Waals surface area (Å²) in [5, 5.41) is 23.8. The number of carbonyl (C=O) groups is 1. The number of carboxylic acid groups (broad SMARTS) is 1. The zero-order valence-corrected chi connectivity index (χ0v) is 22.0. The molecule has 0 radical (unpaired) electrons. The topological polar surface area (TPSA) is 113 Å². The number of halogens is 4. The van der Waals surface area contributed by atoms with Gasteiger partial charge in [-0.3, -0.25) is 9.69 Å². The summed E-state index contributed by atoms with van der Waals surface area (Å²) in [6, 6.07) is 14.8. The monoisotopic (exact) mass is 580 g/mol. The number of likely N-dealkylation sites (tertiary alicyclic amines) is 1. The summed E-state index contributed by atoms with van der Waals surface area (Å²) >= 11 is 0.715. The molecule has 1 saturated heterocycles. The maximum absolute atomic E-state index is 14.0. The van der Waals surface area contributed by atoms with Gasteiger partial charge in [-0.2, -0.15) is 22.5 Å². The second-order valence-corrected chi connectivity index (χ2v) is 9.87. The second-order valence-electron chi connectivity index (χ2n) is 9.10. The summed E-state index contributed by atoms with van der Waals surface area (Å²) in [6.07, 6.45) is -4.13. The molecule has 0 saturated carbocycles. The Labute approximate surface area is 231 Å². The number of nitrogens with zero attached hydrogens (tertiary/aromatic N) is 4. The van der Waals surface area contributed by atoms with Gasteiger partial charge in [0.1, 0.15) is 5.56 Å². The fourth-order valence-corrected chi connectivity index (χ4v) is 5.45. The second kappa shape index (κ2) is 11.8. The number of rotatable bonds is 7. The van der Waals surface area contributed by atoms with Gasteiger partial charge in [-0.05, 0) is 42.0 Å². The Bertz CT molecular complexity index is 1410. The van der Waals surface area contributed by atoms with Crippen molar-refractivity contribution in [2.24, 2.45) is 5.92 Å². The van der Waals surface area contributed by atoms with Gasteiger partial charge in [-0.15, -0.1) is 12.4 Å². The van der Waals surface area contributed by atoms with Crippen LogP contribution < -0.4 is 0 Å². The summed E-state index contributed by atoms with van der Waals surface area (Å²) < 4.78 is 51.2. The highest BCUT2D eigenvalue weighted by molar-refractivity contribution is 7.10. The Balaban J connectivity index is 0.00000353. The number of piperidine rings is 1. The van der Waals surface area contributed by atoms with Crippen molar-refractivity contribution < 1.29 is 32.7 Å². The molecule has 8 nitrogen and oxygen atoms in total. The van der Waals surface area contributed by atoms with Crippen LogP contribution in [0.4, 0.5) is 13.2 Å². The van der Waals surface area contributed by atoms with Crippen molar-refractivity contribution in [3.05, 3.63) is 65.7 Å². The van der Waals surface area contributed by atoms with E-state index in [-0.39, 0.29) is 29.0 Å². The van der Waals surface area contributed by atoms with Crippen LogP contribution in [-0.2, 0) is 11.0 Å². The standard InChI is InChI=1S/C26H23F3N4O4S.ClH/c27-26(28,29)20-21(32-38-22(20)16-5-2-1-3-6-16)24-30-23(31-37-24)17-10-8-15(9-11-17)19(34)14-33-12-4-7-18(13-33)25(35)36;/h1-3,5-6,8-11,18-19,34H,4,7,12-14H2,(H,35,36);1H/t18-,19+;/m0./s1. The van der Waals surface area contributed by atoms with Crippen molar-refractivity contribution in [1.82, 2.24) is 19.4 Å². The number of alkyl halides is 3.